The topological polar surface area (TPSA) is 25.2 Å². The molecule has 90 valence electrons. The normalized spacial score (nSPS) is 12.6. The van der Waals surface area contributed by atoms with Crippen LogP contribution in [0.15, 0.2) is 45.5 Å². The van der Waals surface area contributed by atoms with Crippen molar-refractivity contribution in [3.63, 3.8) is 0 Å². The molecule has 1 heterocycles. The molecule has 2 rings (SSSR count). The van der Waals surface area contributed by atoms with E-state index in [1.807, 2.05) is 31.3 Å². The summed E-state index contributed by atoms with van der Waals surface area (Å²) in [6.07, 6.45) is 2.52. The van der Waals surface area contributed by atoms with Gasteiger partial charge in [0.1, 0.15) is 5.76 Å². The van der Waals surface area contributed by atoms with Gasteiger partial charge in [-0.15, -0.1) is 0 Å². The van der Waals surface area contributed by atoms with Gasteiger partial charge >= 0.3 is 0 Å². The first-order valence-corrected chi connectivity index (χ1v) is 6.52. The van der Waals surface area contributed by atoms with Crippen molar-refractivity contribution in [2.75, 3.05) is 7.05 Å². The van der Waals surface area contributed by atoms with Crippen LogP contribution >= 0.6 is 27.5 Å². The van der Waals surface area contributed by atoms with E-state index < -0.39 is 0 Å². The summed E-state index contributed by atoms with van der Waals surface area (Å²) in [6, 6.07) is 9.91. The largest absolute Gasteiger partial charge is 0.466 e. The lowest BCUT2D eigenvalue weighted by molar-refractivity contribution is 0.427. The summed E-state index contributed by atoms with van der Waals surface area (Å²) in [5.41, 5.74) is 1.18. The number of nitrogens with one attached hydrogen (secondary N) is 1. The SMILES string of the molecule is CNC(Cc1cccc(Cl)c1)c1occc1Br. The van der Waals surface area contributed by atoms with Crippen molar-refractivity contribution in [2.45, 2.75) is 12.5 Å². The van der Waals surface area contributed by atoms with Crippen LogP contribution in [0.3, 0.4) is 0 Å². The Morgan fingerprint density at radius 2 is 2.24 bits per heavy atom. The lowest BCUT2D eigenvalue weighted by Crippen LogP contribution is -2.18. The molecule has 1 atom stereocenters. The minimum absolute atomic E-state index is 0.137. The number of furan rings is 1. The molecule has 1 unspecified atom stereocenters. The van der Waals surface area contributed by atoms with Gasteiger partial charge in [0, 0.05) is 5.02 Å². The van der Waals surface area contributed by atoms with E-state index >= 15 is 0 Å². The summed E-state index contributed by atoms with van der Waals surface area (Å²) in [4.78, 5) is 0. The maximum absolute atomic E-state index is 5.97. The Balaban J connectivity index is 2.19. The van der Waals surface area contributed by atoms with Gasteiger partial charge in [0.25, 0.3) is 0 Å². The molecule has 2 nitrogen and oxygen atoms in total. The summed E-state index contributed by atoms with van der Waals surface area (Å²) >= 11 is 9.45. The van der Waals surface area contributed by atoms with Crippen molar-refractivity contribution in [1.82, 2.24) is 5.32 Å². The van der Waals surface area contributed by atoms with E-state index in [9.17, 15) is 0 Å². The summed E-state index contributed by atoms with van der Waals surface area (Å²) in [5.74, 6) is 0.910. The van der Waals surface area contributed by atoms with Crippen molar-refractivity contribution in [3.05, 3.63) is 57.4 Å². The van der Waals surface area contributed by atoms with E-state index in [2.05, 4.69) is 27.3 Å². The van der Waals surface area contributed by atoms with Gasteiger partial charge in [0.15, 0.2) is 0 Å². The maximum atomic E-state index is 5.97. The van der Waals surface area contributed by atoms with Crippen molar-refractivity contribution in [3.8, 4) is 0 Å². The van der Waals surface area contributed by atoms with E-state index in [0.717, 1.165) is 21.7 Å². The quantitative estimate of drug-likeness (QED) is 0.915. The zero-order chi connectivity index (χ0) is 12.3. The fraction of sp³-hybridized carbons (Fsp3) is 0.231. The molecular formula is C13H13BrClNO. The van der Waals surface area contributed by atoms with E-state index in [1.165, 1.54) is 5.56 Å². The molecule has 0 spiro atoms. The molecule has 4 heteroatoms. The highest BCUT2D eigenvalue weighted by molar-refractivity contribution is 9.10. The Bertz CT molecular complexity index is 498. The summed E-state index contributed by atoms with van der Waals surface area (Å²) < 4.78 is 6.46. The maximum Gasteiger partial charge on any atom is 0.135 e. The van der Waals surface area contributed by atoms with Crippen molar-refractivity contribution in [1.29, 1.82) is 0 Å². The number of likely N-dealkylation sites (N-methyl/N-ethyl adjacent to an activating group) is 1. The molecule has 0 aliphatic heterocycles. The molecule has 0 saturated carbocycles. The molecular weight excluding hydrogens is 302 g/mol. The minimum atomic E-state index is 0.137. The Morgan fingerprint density at radius 3 is 2.82 bits per heavy atom. The minimum Gasteiger partial charge on any atom is -0.466 e. The fourth-order valence-corrected chi connectivity index (χ4v) is 2.47. The fourth-order valence-electron chi connectivity index (χ4n) is 1.78. The van der Waals surface area contributed by atoms with Crippen LogP contribution in [0.1, 0.15) is 17.4 Å². The number of rotatable bonds is 4. The molecule has 0 aliphatic rings. The number of hydrogen-bond acceptors (Lipinski definition) is 2. The van der Waals surface area contributed by atoms with Crippen LogP contribution in [0.4, 0.5) is 0 Å². The first-order chi connectivity index (χ1) is 8.20. The molecule has 2 aromatic rings. The third kappa shape index (κ3) is 3.12. The van der Waals surface area contributed by atoms with E-state index in [0.29, 0.717) is 0 Å². The highest BCUT2D eigenvalue weighted by Gasteiger charge is 2.16. The molecule has 1 N–H and O–H groups in total. The van der Waals surface area contributed by atoms with Crippen LogP contribution in [0.2, 0.25) is 5.02 Å². The van der Waals surface area contributed by atoms with Gasteiger partial charge in [-0.05, 0) is 53.2 Å². The van der Waals surface area contributed by atoms with Crippen LogP contribution in [-0.4, -0.2) is 7.05 Å². The van der Waals surface area contributed by atoms with Crippen LogP contribution in [-0.2, 0) is 6.42 Å². The lowest BCUT2D eigenvalue weighted by Gasteiger charge is -2.14. The average Bonchev–Trinajstić information content (AvgIpc) is 2.72. The van der Waals surface area contributed by atoms with Gasteiger partial charge in [0.2, 0.25) is 0 Å². The van der Waals surface area contributed by atoms with E-state index in [4.69, 9.17) is 16.0 Å². The molecule has 0 aliphatic carbocycles. The summed E-state index contributed by atoms with van der Waals surface area (Å²) in [6.45, 7) is 0. The van der Waals surface area contributed by atoms with Crippen LogP contribution < -0.4 is 5.32 Å². The molecule has 0 saturated heterocycles. The smallest absolute Gasteiger partial charge is 0.135 e. The van der Waals surface area contributed by atoms with Gasteiger partial charge in [-0.3, -0.25) is 0 Å². The molecule has 1 aromatic heterocycles. The molecule has 1 aromatic carbocycles. The predicted molar refractivity (Wildman–Crippen MR) is 73.4 cm³/mol. The van der Waals surface area contributed by atoms with E-state index in [1.54, 1.807) is 6.26 Å². The molecule has 0 bridgehead atoms. The Hall–Kier alpha value is -0.770. The Labute approximate surface area is 114 Å². The first-order valence-electron chi connectivity index (χ1n) is 5.35. The molecule has 17 heavy (non-hydrogen) atoms. The second-order valence-electron chi connectivity index (χ2n) is 3.81. The molecule has 0 fully saturated rings. The highest BCUT2D eigenvalue weighted by atomic mass is 79.9. The zero-order valence-electron chi connectivity index (χ0n) is 9.41. The number of hydrogen-bond donors (Lipinski definition) is 1. The van der Waals surface area contributed by atoms with Crippen molar-refractivity contribution < 1.29 is 4.42 Å². The summed E-state index contributed by atoms with van der Waals surface area (Å²) in [5, 5.41) is 4.01. The highest BCUT2D eigenvalue weighted by Crippen LogP contribution is 2.27. The second kappa shape index (κ2) is 5.71. The Kier molecular flexibility index (Phi) is 4.26. The monoisotopic (exact) mass is 313 g/mol. The third-order valence-electron chi connectivity index (χ3n) is 2.64. The van der Waals surface area contributed by atoms with Gasteiger partial charge in [-0.1, -0.05) is 23.7 Å². The average molecular weight is 315 g/mol. The van der Waals surface area contributed by atoms with Crippen LogP contribution in [0.5, 0.6) is 0 Å². The third-order valence-corrected chi connectivity index (χ3v) is 3.53. The van der Waals surface area contributed by atoms with Gasteiger partial charge in [-0.25, -0.2) is 0 Å². The van der Waals surface area contributed by atoms with Gasteiger partial charge in [-0.2, -0.15) is 0 Å². The zero-order valence-corrected chi connectivity index (χ0v) is 11.8. The predicted octanol–water partition coefficient (Wildman–Crippen LogP) is 4.20. The van der Waals surface area contributed by atoms with Gasteiger partial charge < -0.3 is 9.73 Å². The number of benzene rings is 1. The standard InChI is InChI=1S/C13H13BrClNO/c1-16-12(13-11(14)5-6-17-13)8-9-3-2-4-10(15)7-9/h2-7,12,16H,8H2,1H3. The first kappa shape index (κ1) is 12.7. The molecule has 0 radical (unpaired) electrons. The number of halogens is 2. The lowest BCUT2D eigenvalue weighted by atomic mass is 10.0. The Morgan fingerprint density at radius 1 is 1.41 bits per heavy atom. The van der Waals surface area contributed by atoms with Gasteiger partial charge in [0.05, 0.1) is 16.8 Å². The van der Waals surface area contributed by atoms with Crippen molar-refractivity contribution >= 4 is 27.5 Å². The second-order valence-corrected chi connectivity index (χ2v) is 5.10. The molecule has 0 amide bonds. The van der Waals surface area contributed by atoms with E-state index in [-0.39, 0.29) is 6.04 Å². The van der Waals surface area contributed by atoms with Crippen LogP contribution in [0.25, 0.3) is 0 Å². The summed E-state index contributed by atoms with van der Waals surface area (Å²) in [7, 11) is 1.92. The van der Waals surface area contributed by atoms with Crippen molar-refractivity contribution in [2.24, 2.45) is 0 Å². The van der Waals surface area contributed by atoms with Crippen LogP contribution in [0, 0.1) is 0 Å².